The molecule has 5 heteroatoms. The highest BCUT2D eigenvalue weighted by atomic mass is 16.5. The van der Waals surface area contributed by atoms with Crippen molar-refractivity contribution in [3.63, 3.8) is 0 Å². The number of pyridine rings is 1. The van der Waals surface area contributed by atoms with E-state index in [1.807, 2.05) is 37.3 Å². The van der Waals surface area contributed by atoms with Gasteiger partial charge in [0.05, 0.1) is 12.1 Å². The summed E-state index contributed by atoms with van der Waals surface area (Å²) in [6.45, 7) is 2.70. The second-order valence-electron chi connectivity index (χ2n) is 4.95. The van der Waals surface area contributed by atoms with Gasteiger partial charge in [-0.15, -0.1) is 0 Å². The van der Waals surface area contributed by atoms with E-state index in [0.717, 1.165) is 22.3 Å². The number of hydrogen-bond donors (Lipinski definition) is 2. The highest BCUT2D eigenvalue weighted by Gasteiger charge is 2.09. The monoisotopic (exact) mass is 295 g/mol. The van der Waals surface area contributed by atoms with Crippen LogP contribution >= 0.6 is 0 Å². The maximum atomic E-state index is 12.0. The summed E-state index contributed by atoms with van der Waals surface area (Å²) in [5.41, 5.74) is 2.35. The lowest BCUT2D eigenvalue weighted by molar-refractivity contribution is 0.0946. The Morgan fingerprint density at radius 2 is 2.14 bits per heavy atom. The standard InChI is InChI=1S/C17H17N3O2/c1-12-14(7-9-18-12)17(21)20-10-11-22-15-6-2-4-13-5-3-8-19-16(13)15/h2-9,18H,10-11H2,1H3,(H,20,21). The van der Waals surface area contributed by atoms with E-state index < -0.39 is 0 Å². The molecule has 0 spiro atoms. The summed E-state index contributed by atoms with van der Waals surface area (Å²) in [6.07, 6.45) is 3.49. The first-order chi connectivity index (χ1) is 10.8. The third kappa shape index (κ3) is 2.93. The zero-order chi connectivity index (χ0) is 15.4. The van der Waals surface area contributed by atoms with Crippen LogP contribution in [0, 0.1) is 6.92 Å². The summed E-state index contributed by atoms with van der Waals surface area (Å²) in [5.74, 6) is 0.628. The molecule has 0 bridgehead atoms. The average Bonchev–Trinajstić information content (AvgIpc) is 2.97. The number of nitrogens with one attached hydrogen (secondary N) is 2. The van der Waals surface area contributed by atoms with Crippen molar-refractivity contribution in [1.29, 1.82) is 0 Å². The maximum absolute atomic E-state index is 12.0. The van der Waals surface area contributed by atoms with E-state index in [2.05, 4.69) is 15.3 Å². The van der Waals surface area contributed by atoms with E-state index in [4.69, 9.17) is 4.74 Å². The van der Waals surface area contributed by atoms with Gasteiger partial charge in [0.2, 0.25) is 0 Å². The van der Waals surface area contributed by atoms with E-state index in [1.165, 1.54) is 0 Å². The second-order valence-corrected chi connectivity index (χ2v) is 4.95. The number of amides is 1. The average molecular weight is 295 g/mol. The first-order valence-corrected chi connectivity index (χ1v) is 7.14. The largest absolute Gasteiger partial charge is 0.489 e. The molecule has 2 N–H and O–H groups in total. The number of para-hydroxylation sites is 1. The van der Waals surface area contributed by atoms with Crippen LogP contribution in [0.1, 0.15) is 16.1 Å². The number of aromatic nitrogens is 2. The van der Waals surface area contributed by atoms with Crippen LogP contribution in [0.2, 0.25) is 0 Å². The van der Waals surface area contributed by atoms with E-state index in [1.54, 1.807) is 18.5 Å². The number of carbonyl (C=O) groups is 1. The number of hydrogen-bond acceptors (Lipinski definition) is 3. The van der Waals surface area contributed by atoms with Gasteiger partial charge in [-0.25, -0.2) is 0 Å². The minimum absolute atomic E-state index is 0.0987. The van der Waals surface area contributed by atoms with E-state index >= 15 is 0 Å². The Labute approximate surface area is 128 Å². The van der Waals surface area contributed by atoms with Gasteiger partial charge in [-0.1, -0.05) is 18.2 Å². The number of aryl methyl sites for hydroxylation is 1. The Morgan fingerprint density at radius 3 is 2.95 bits per heavy atom. The van der Waals surface area contributed by atoms with Gasteiger partial charge in [0.1, 0.15) is 17.9 Å². The van der Waals surface area contributed by atoms with Gasteiger partial charge in [0.25, 0.3) is 5.91 Å². The van der Waals surface area contributed by atoms with Crippen LogP contribution in [-0.2, 0) is 0 Å². The van der Waals surface area contributed by atoms with Gasteiger partial charge < -0.3 is 15.0 Å². The number of H-pyrrole nitrogens is 1. The molecule has 2 heterocycles. The maximum Gasteiger partial charge on any atom is 0.253 e. The summed E-state index contributed by atoms with van der Waals surface area (Å²) >= 11 is 0. The summed E-state index contributed by atoms with van der Waals surface area (Å²) < 4.78 is 5.73. The molecule has 3 aromatic rings. The number of benzene rings is 1. The molecule has 5 nitrogen and oxygen atoms in total. The Morgan fingerprint density at radius 1 is 1.27 bits per heavy atom. The number of aromatic amines is 1. The smallest absolute Gasteiger partial charge is 0.253 e. The number of carbonyl (C=O) groups excluding carboxylic acids is 1. The van der Waals surface area contributed by atoms with Gasteiger partial charge in [-0.05, 0) is 25.1 Å². The van der Waals surface area contributed by atoms with Crippen molar-refractivity contribution < 1.29 is 9.53 Å². The Hall–Kier alpha value is -2.82. The highest BCUT2D eigenvalue weighted by Crippen LogP contribution is 2.22. The van der Waals surface area contributed by atoms with Crippen molar-refractivity contribution in [2.75, 3.05) is 13.2 Å². The van der Waals surface area contributed by atoms with Crippen LogP contribution in [0.25, 0.3) is 10.9 Å². The molecule has 3 rings (SSSR count). The Balaban J connectivity index is 1.57. The number of fused-ring (bicyclic) bond motifs is 1. The van der Waals surface area contributed by atoms with Crippen molar-refractivity contribution in [2.24, 2.45) is 0 Å². The number of rotatable bonds is 5. The van der Waals surface area contributed by atoms with Gasteiger partial charge >= 0.3 is 0 Å². The van der Waals surface area contributed by atoms with Crippen molar-refractivity contribution >= 4 is 16.8 Å². The van der Waals surface area contributed by atoms with Crippen molar-refractivity contribution in [3.05, 3.63) is 60.0 Å². The topological polar surface area (TPSA) is 67.0 Å². The van der Waals surface area contributed by atoms with Crippen molar-refractivity contribution in [3.8, 4) is 5.75 Å². The summed E-state index contributed by atoms with van der Waals surface area (Å²) in [6, 6.07) is 11.5. The molecule has 0 atom stereocenters. The van der Waals surface area contributed by atoms with Crippen LogP contribution in [-0.4, -0.2) is 29.0 Å². The SMILES string of the molecule is Cc1[nH]ccc1C(=O)NCCOc1cccc2cccnc12. The van der Waals surface area contributed by atoms with Crippen LogP contribution in [0.4, 0.5) is 0 Å². The fourth-order valence-corrected chi connectivity index (χ4v) is 2.31. The molecule has 0 radical (unpaired) electrons. The lowest BCUT2D eigenvalue weighted by Gasteiger charge is -2.09. The van der Waals surface area contributed by atoms with Crippen molar-refractivity contribution in [2.45, 2.75) is 6.92 Å². The van der Waals surface area contributed by atoms with E-state index in [9.17, 15) is 4.79 Å². The van der Waals surface area contributed by atoms with Crippen LogP contribution in [0.3, 0.4) is 0 Å². The number of nitrogens with zero attached hydrogens (tertiary/aromatic N) is 1. The number of ether oxygens (including phenoxy) is 1. The van der Waals surface area contributed by atoms with E-state index in [-0.39, 0.29) is 5.91 Å². The van der Waals surface area contributed by atoms with Crippen molar-refractivity contribution in [1.82, 2.24) is 15.3 Å². The molecule has 0 aliphatic carbocycles. The highest BCUT2D eigenvalue weighted by molar-refractivity contribution is 5.95. The predicted octanol–water partition coefficient (Wildman–Crippen LogP) is 2.68. The molecule has 0 saturated carbocycles. The lowest BCUT2D eigenvalue weighted by atomic mass is 10.2. The molecule has 0 aliphatic rings. The Kier molecular flexibility index (Phi) is 4.05. The van der Waals surface area contributed by atoms with Crippen LogP contribution in [0.5, 0.6) is 5.75 Å². The first kappa shape index (κ1) is 14.1. The molecule has 0 fully saturated rings. The molecule has 0 aliphatic heterocycles. The minimum atomic E-state index is -0.0987. The molecular formula is C17H17N3O2. The fraction of sp³-hybridized carbons (Fsp3) is 0.176. The second kappa shape index (κ2) is 6.30. The predicted molar refractivity (Wildman–Crippen MR) is 85.1 cm³/mol. The van der Waals surface area contributed by atoms with Gasteiger partial charge in [0.15, 0.2) is 0 Å². The third-order valence-electron chi connectivity index (χ3n) is 3.44. The first-order valence-electron chi connectivity index (χ1n) is 7.14. The minimum Gasteiger partial charge on any atom is -0.489 e. The molecule has 112 valence electrons. The zero-order valence-corrected chi connectivity index (χ0v) is 12.3. The Bertz CT molecular complexity index is 790. The molecule has 0 unspecified atom stereocenters. The summed E-state index contributed by atoms with van der Waals surface area (Å²) in [5, 5.41) is 3.87. The molecule has 1 aromatic carbocycles. The fourth-order valence-electron chi connectivity index (χ4n) is 2.31. The third-order valence-corrected chi connectivity index (χ3v) is 3.44. The summed E-state index contributed by atoms with van der Waals surface area (Å²) in [7, 11) is 0. The molecule has 0 saturated heterocycles. The van der Waals surface area contributed by atoms with Gasteiger partial charge in [-0.2, -0.15) is 0 Å². The molecular weight excluding hydrogens is 278 g/mol. The van der Waals surface area contributed by atoms with Gasteiger partial charge in [-0.3, -0.25) is 9.78 Å². The molecule has 1 amide bonds. The van der Waals surface area contributed by atoms with Gasteiger partial charge in [0, 0.05) is 23.5 Å². The zero-order valence-electron chi connectivity index (χ0n) is 12.3. The quantitative estimate of drug-likeness (QED) is 0.711. The van der Waals surface area contributed by atoms with E-state index in [0.29, 0.717) is 18.7 Å². The molecule has 2 aromatic heterocycles. The molecule has 22 heavy (non-hydrogen) atoms. The summed E-state index contributed by atoms with van der Waals surface area (Å²) in [4.78, 5) is 19.3. The normalized spacial score (nSPS) is 10.6. The van der Waals surface area contributed by atoms with Crippen LogP contribution < -0.4 is 10.1 Å². The van der Waals surface area contributed by atoms with Crippen LogP contribution in [0.15, 0.2) is 48.8 Å². The lowest BCUT2D eigenvalue weighted by Crippen LogP contribution is -2.28.